The molecule has 10 rings (SSSR count). The van der Waals surface area contributed by atoms with E-state index in [2.05, 4.69) is 211 Å². The second-order valence-corrected chi connectivity index (χ2v) is 16.3. The van der Waals surface area contributed by atoms with Crippen LogP contribution in [0.15, 0.2) is 170 Å². The first kappa shape index (κ1) is 46.5. The normalized spacial score (nSPS) is 10.9. The Bertz CT molecular complexity index is 2670. The summed E-state index contributed by atoms with van der Waals surface area (Å²) in [5, 5.41) is 16.0. The van der Waals surface area contributed by atoms with Crippen molar-refractivity contribution in [1.29, 1.82) is 0 Å². The number of benzene rings is 8. The molecule has 60 heavy (non-hydrogen) atoms. The third-order valence-electron chi connectivity index (χ3n) is 11.0. The topological polar surface area (TPSA) is 0 Å². The number of hydrogen-bond acceptors (Lipinski definition) is 0. The second-order valence-electron chi connectivity index (χ2n) is 16.3. The zero-order valence-corrected chi connectivity index (χ0v) is 39.1. The van der Waals surface area contributed by atoms with Crippen molar-refractivity contribution in [3.05, 3.63) is 195 Å². The molecule has 0 aromatic heterocycles. The minimum absolute atomic E-state index is 0. The molecule has 10 aromatic rings. The number of halogens is 2. The van der Waals surface area contributed by atoms with Gasteiger partial charge < -0.3 is 45.1 Å². The largest absolute Gasteiger partial charge is 2.00 e. The van der Waals surface area contributed by atoms with Gasteiger partial charge in [-0.25, -0.2) is 0 Å². The van der Waals surface area contributed by atoms with Gasteiger partial charge >= 0.3 is 26.2 Å². The molecule has 0 nitrogen and oxygen atoms in total. The quantitative estimate of drug-likeness (QED) is 0.115. The first-order chi connectivity index (χ1) is 27.8. The van der Waals surface area contributed by atoms with Crippen LogP contribution < -0.4 is 24.8 Å². The zero-order chi connectivity index (χ0) is 39.5. The Morgan fingerprint density at radius 3 is 1.00 bits per heavy atom. The first-order valence-corrected chi connectivity index (χ1v) is 20.6. The Morgan fingerprint density at radius 2 is 0.700 bits per heavy atom. The molecule has 0 heterocycles. The van der Waals surface area contributed by atoms with Gasteiger partial charge in [-0.1, -0.05) is 148 Å². The molecule has 10 aromatic carbocycles. The van der Waals surface area contributed by atoms with Gasteiger partial charge in [0.25, 0.3) is 0 Å². The number of fused-ring (bicyclic) bond motifs is 6. The first-order valence-electron chi connectivity index (χ1n) is 20.6. The summed E-state index contributed by atoms with van der Waals surface area (Å²) in [6, 6.07) is 62.7. The Hall–Kier alpha value is -4.52. The smallest absolute Gasteiger partial charge is 1.00 e. The van der Waals surface area contributed by atoms with E-state index in [4.69, 9.17) is 0 Å². The molecular formula is C57H52Cl2Zr-4. The van der Waals surface area contributed by atoms with Gasteiger partial charge in [-0.05, 0) is 91.0 Å². The summed E-state index contributed by atoms with van der Waals surface area (Å²) >= 11 is 0. The summed E-state index contributed by atoms with van der Waals surface area (Å²) < 4.78 is 0. The number of hydrogen-bond donors (Lipinski definition) is 0. The Kier molecular flexibility index (Phi) is 16.2. The molecule has 0 amide bonds. The monoisotopic (exact) mass is 896 g/mol. The summed E-state index contributed by atoms with van der Waals surface area (Å²) in [5.74, 6) is 1.34. The van der Waals surface area contributed by atoms with Gasteiger partial charge in [0.05, 0.1) is 0 Å². The summed E-state index contributed by atoms with van der Waals surface area (Å²) in [5.41, 5.74) is 8.28. The van der Waals surface area contributed by atoms with Crippen molar-refractivity contribution in [2.45, 2.75) is 47.0 Å². The maximum absolute atomic E-state index is 3.38. The average molecular weight is 899 g/mol. The fourth-order valence-electron chi connectivity index (χ4n) is 8.82. The van der Waals surface area contributed by atoms with Crippen molar-refractivity contribution >= 4 is 64.6 Å². The van der Waals surface area contributed by atoms with Crippen molar-refractivity contribution < 1.29 is 51.0 Å². The Morgan fingerprint density at radius 1 is 0.400 bits per heavy atom. The van der Waals surface area contributed by atoms with Crippen molar-refractivity contribution in [3.63, 3.8) is 0 Å². The predicted octanol–water partition coefficient (Wildman–Crippen LogP) is 10.5. The minimum Gasteiger partial charge on any atom is -1.00 e. The van der Waals surface area contributed by atoms with E-state index in [9.17, 15) is 0 Å². The molecule has 302 valence electrons. The van der Waals surface area contributed by atoms with Crippen LogP contribution >= 0.6 is 0 Å². The van der Waals surface area contributed by atoms with E-state index in [0.717, 1.165) is 19.3 Å². The molecule has 0 radical (unpaired) electrons. The van der Waals surface area contributed by atoms with Crippen LogP contribution in [0, 0.1) is 25.7 Å². The maximum atomic E-state index is 3.38. The Balaban J connectivity index is 0.000000204. The van der Waals surface area contributed by atoms with E-state index in [1.54, 1.807) is 0 Å². The standard InChI is InChI=1S/2C27H23.C3H6.2ClH.Zr/c2*1-18(2)14-19-15-20-10-7-13-25(26(20)16-19)27-23-11-5-3-8-21(23)17-22-9-4-6-12-24(22)27;1-3-2;;;/h2*3-13,15-18H,14H2,1-2H3;1-3H2;2*1H;/q2*-1;-2;;;+2/p-2. The van der Waals surface area contributed by atoms with Crippen molar-refractivity contribution in [2.75, 3.05) is 0 Å². The van der Waals surface area contributed by atoms with Gasteiger partial charge in [-0.15, -0.1) is 69.1 Å². The maximum Gasteiger partial charge on any atom is 2.00 e. The fourth-order valence-corrected chi connectivity index (χ4v) is 8.82. The van der Waals surface area contributed by atoms with Crippen LogP contribution in [0.3, 0.4) is 0 Å². The summed E-state index contributed by atoms with van der Waals surface area (Å²) in [4.78, 5) is 0. The SMILES string of the molecule is CC(C)Cc1cc2c(-c3c4ccccc4cc4ccccc34)cccc2[cH-]1.CC(C)Cc1cc2c(-c3c4ccccc4cc4ccccc34)cccc2[cH-]1.[CH2-]C[CH2-].[Cl-].[Cl-].[Zr+2]. The van der Waals surface area contributed by atoms with Crippen LogP contribution in [0.4, 0.5) is 0 Å². The molecule has 0 unspecified atom stereocenters. The Labute approximate surface area is 388 Å². The van der Waals surface area contributed by atoms with Crippen molar-refractivity contribution in [2.24, 2.45) is 11.8 Å². The van der Waals surface area contributed by atoms with E-state index < -0.39 is 0 Å². The zero-order valence-electron chi connectivity index (χ0n) is 35.1. The van der Waals surface area contributed by atoms with Crippen LogP contribution in [-0.4, -0.2) is 0 Å². The molecule has 0 bridgehead atoms. The van der Waals surface area contributed by atoms with Gasteiger partial charge in [0.2, 0.25) is 0 Å². The van der Waals surface area contributed by atoms with E-state index >= 15 is 0 Å². The molecule has 0 fully saturated rings. The molecule has 0 aliphatic carbocycles. The molecule has 0 N–H and O–H groups in total. The summed E-state index contributed by atoms with van der Waals surface area (Å²) in [6.07, 6.45) is 3.01. The number of rotatable bonds is 6. The molecule has 0 saturated heterocycles. The van der Waals surface area contributed by atoms with Crippen molar-refractivity contribution in [1.82, 2.24) is 0 Å². The predicted molar refractivity (Wildman–Crippen MR) is 252 cm³/mol. The van der Waals surface area contributed by atoms with E-state index in [0.29, 0.717) is 11.8 Å². The fraction of sp³-hybridized carbons (Fsp3) is 0.158. The van der Waals surface area contributed by atoms with Crippen molar-refractivity contribution in [3.8, 4) is 22.3 Å². The van der Waals surface area contributed by atoms with Crippen LogP contribution in [0.2, 0.25) is 0 Å². The molecule has 0 spiro atoms. The average Bonchev–Trinajstić information content (AvgIpc) is 3.82. The van der Waals surface area contributed by atoms with Gasteiger partial charge in [0.15, 0.2) is 0 Å². The molecule has 0 aliphatic heterocycles. The molecule has 0 saturated carbocycles. The molecule has 0 aliphatic rings. The molecule has 0 atom stereocenters. The van der Waals surface area contributed by atoms with Crippen LogP contribution in [-0.2, 0) is 39.0 Å². The van der Waals surface area contributed by atoms with Gasteiger partial charge in [-0.2, -0.15) is 12.1 Å². The van der Waals surface area contributed by atoms with Gasteiger partial charge in [0.1, 0.15) is 0 Å². The van der Waals surface area contributed by atoms with Crippen LogP contribution in [0.25, 0.3) is 86.9 Å². The van der Waals surface area contributed by atoms with Crippen LogP contribution in [0.5, 0.6) is 0 Å². The van der Waals surface area contributed by atoms with E-state index in [-0.39, 0.29) is 51.0 Å². The van der Waals surface area contributed by atoms with Crippen LogP contribution in [0.1, 0.15) is 45.2 Å². The van der Waals surface area contributed by atoms with Gasteiger partial charge in [0, 0.05) is 0 Å². The molecular weight excluding hydrogens is 847 g/mol. The second kappa shape index (κ2) is 20.8. The minimum atomic E-state index is 0. The molecule has 3 heteroatoms. The summed E-state index contributed by atoms with van der Waals surface area (Å²) in [7, 11) is 0. The third-order valence-corrected chi connectivity index (χ3v) is 11.0. The van der Waals surface area contributed by atoms with Gasteiger partial charge in [-0.3, -0.25) is 0 Å². The summed E-state index contributed by atoms with van der Waals surface area (Å²) in [6.45, 7) is 15.9. The van der Waals surface area contributed by atoms with E-state index in [1.165, 1.54) is 98.0 Å². The van der Waals surface area contributed by atoms with E-state index in [1.807, 2.05) is 0 Å². The third kappa shape index (κ3) is 9.66.